The highest BCUT2D eigenvalue weighted by atomic mass is 32.2. The van der Waals surface area contributed by atoms with Crippen molar-refractivity contribution in [2.45, 2.75) is 19.6 Å². The maximum atomic E-state index is 11.4. The predicted molar refractivity (Wildman–Crippen MR) is 72.3 cm³/mol. The molecule has 96 valence electrons. The molecule has 1 aromatic heterocycles. The van der Waals surface area contributed by atoms with Crippen molar-refractivity contribution in [2.24, 2.45) is 5.92 Å². The van der Waals surface area contributed by atoms with Gasteiger partial charge in [-0.3, -0.25) is 4.79 Å². The Labute approximate surface area is 110 Å². The van der Waals surface area contributed by atoms with E-state index >= 15 is 0 Å². The Balaban J connectivity index is 2.12. The number of aliphatic hydroxyl groups excluding tert-OH is 1. The monoisotopic (exact) mass is 274 g/mol. The Morgan fingerprint density at radius 3 is 3.06 bits per heavy atom. The molecule has 17 heavy (non-hydrogen) atoms. The zero-order valence-electron chi connectivity index (χ0n) is 10.1. The van der Waals surface area contributed by atoms with Crippen LogP contribution < -0.4 is 5.32 Å². The molecular weight excluding hydrogens is 256 g/mol. The molecule has 0 aromatic carbocycles. The van der Waals surface area contributed by atoms with Crippen LogP contribution in [-0.4, -0.2) is 34.9 Å². The topological polar surface area (TPSA) is 62.2 Å². The molecule has 0 bridgehead atoms. The minimum absolute atomic E-state index is 0.0160. The largest absolute Gasteiger partial charge is 0.396 e. The molecule has 0 aliphatic carbocycles. The Hall–Kier alpha value is -0.590. The smallest absolute Gasteiger partial charge is 0.230 e. The molecule has 0 spiro atoms. The second-order valence-corrected chi connectivity index (χ2v) is 5.99. The second-order valence-electron chi connectivity index (χ2n) is 3.94. The highest BCUT2D eigenvalue weighted by Crippen LogP contribution is 2.14. The second kappa shape index (κ2) is 7.68. The van der Waals surface area contributed by atoms with E-state index in [0.717, 1.165) is 16.5 Å². The first-order valence-electron chi connectivity index (χ1n) is 5.48. The van der Waals surface area contributed by atoms with E-state index in [-0.39, 0.29) is 18.4 Å². The first kappa shape index (κ1) is 14.5. The maximum absolute atomic E-state index is 11.4. The standard InChI is InChI=1S/C11H18N2O2S2/c1-8(4-14)3-12-11(15)7-16-5-10-6-17-9(2)13-10/h6,8,14H,3-5,7H2,1-2H3,(H,12,15). The number of aryl methyl sites for hydroxylation is 1. The number of hydrogen-bond donors (Lipinski definition) is 2. The van der Waals surface area contributed by atoms with Crippen LogP contribution in [0.15, 0.2) is 5.38 Å². The normalized spacial score (nSPS) is 12.4. The molecule has 1 aromatic rings. The number of nitrogens with zero attached hydrogens (tertiary/aromatic N) is 1. The summed E-state index contributed by atoms with van der Waals surface area (Å²) in [5.41, 5.74) is 1.04. The van der Waals surface area contributed by atoms with Crippen molar-refractivity contribution in [1.29, 1.82) is 0 Å². The van der Waals surface area contributed by atoms with Gasteiger partial charge in [-0.15, -0.1) is 23.1 Å². The van der Waals surface area contributed by atoms with E-state index in [4.69, 9.17) is 5.11 Å². The average molecular weight is 274 g/mol. The molecule has 0 aliphatic heterocycles. The third-order valence-corrected chi connectivity index (χ3v) is 3.90. The number of aromatic nitrogens is 1. The highest BCUT2D eigenvalue weighted by Gasteiger charge is 2.05. The number of thioether (sulfide) groups is 1. The van der Waals surface area contributed by atoms with E-state index in [0.29, 0.717) is 12.3 Å². The van der Waals surface area contributed by atoms with Gasteiger partial charge in [0.15, 0.2) is 0 Å². The van der Waals surface area contributed by atoms with Crippen LogP contribution in [0.1, 0.15) is 17.6 Å². The van der Waals surface area contributed by atoms with E-state index in [2.05, 4.69) is 10.3 Å². The van der Waals surface area contributed by atoms with Crippen LogP contribution in [0.4, 0.5) is 0 Å². The van der Waals surface area contributed by atoms with Crippen LogP contribution in [0.2, 0.25) is 0 Å². The third kappa shape index (κ3) is 6.05. The number of carbonyl (C=O) groups excluding carboxylic acids is 1. The van der Waals surface area contributed by atoms with Gasteiger partial charge >= 0.3 is 0 Å². The van der Waals surface area contributed by atoms with Crippen molar-refractivity contribution >= 4 is 29.0 Å². The van der Waals surface area contributed by atoms with E-state index in [1.165, 1.54) is 0 Å². The van der Waals surface area contributed by atoms with Crippen molar-refractivity contribution in [2.75, 3.05) is 18.9 Å². The summed E-state index contributed by atoms with van der Waals surface area (Å²) in [6.45, 7) is 4.50. The van der Waals surface area contributed by atoms with Gasteiger partial charge in [0.05, 0.1) is 16.5 Å². The van der Waals surface area contributed by atoms with Crippen LogP contribution in [0, 0.1) is 12.8 Å². The molecule has 2 N–H and O–H groups in total. The lowest BCUT2D eigenvalue weighted by Gasteiger charge is -2.08. The molecule has 1 atom stereocenters. The van der Waals surface area contributed by atoms with Crippen molar-refractivity contribution in [3.63, 3.8) is 0 Å². The summed E-state index contributed by atoms with van der Waals surface area (Å²) in [7, 11) is 0. The van der Waals surface area contributed by atoms with Gasteiger partial charge in [-0.2, -0.15) is 0 Å². The summed E-state index contributed by atoms with van der Waals surface area (Å²) in [6, 6.07) is 0. The fraction of sp³-hybridized carbons (Fsp3) is 0.636. The minimum Gasteiger partial charge on any atom is -0.396 e. The van der Waals surface area contributed by atoms with Crippen molar-refractivity contribution in [3.8, 4) is 0 Å². The van der Waals surface area contributed by atoms with Gasteiger partial charge in [-0.05, 0) is 12.8 Å². The summed E-state index contributed by atoms with van der Waals surface area (Å²) in [6.07, 6.45) is 0. The molecule has 4 nitrogen and oxygen atoms in total. The van der Waals surface area contributed by atoms with Crippen molar-refractivity contribution in [1.82, 2.24) is 10.3 Å². The number of nitrogens with one attached hydrogen (secondary N) is 1. The summed E-state index contributed by atoms with van der Waals surface area (Å²) in [4.78, 5) is 15.8. The summed E-state index contributed by atoms with van der Waals surface area (Å²) < 4.78 is 0. The van der Waals surface area contributed by atoms with Crippen LogP contribution >= 0.6 is 23.1 Å². The summed E-state index contributed by atoms with van der Waals surface area (Å²) in [5.74, 6) is 1.34. The fourth-order valence-electron chi connectivity index (χ4n) is 1.13. The molecule has 0 fully saturated rings. The fourth-order valence-corrected chi connectivity index (χ4v) is 2.59. The number of hydrogen-bond acceptors (Lipinski definition) is 5. The van der Waals surface area contributed by atoms with Gasteiger partial charge in [0, 0.05) is 24.3 Å². The van der Waals surface area contributed by atoms with Gasteiger partial charge in [0.1, 0.15) is 0 Å². The lowest BCUT2D eigenvalue weighted by Crippen LogP contribution is -2.30. The first-order valence-corrected chi connectivity index (χ1v) is 7.51. The third-order valence-electron chi connectivity index (χ3n) is 2.11. The molecule has 0 saturated carbocycles. The predicted octanol–water partition coefficient (Wildman–Crippen LogP) is 1.43. The molecular formula is C11H18N2O2S2. The van der Waals surface area contributed by atoms with Gasteiger partial charge in [0.2, 0.25) is 5.91 Å². The SMILES string of the molecule is Cc1nc(CSCC(=O)NCC(C)CO)cs1. The molecule has 0 radical (unpaired) electrons. The highest BCUT2D eigenvalue weighted by molar-refractivity contribution is 7.99. The van der Waals surface area contributed by atoms with Crippen molar-refractivity contribution in [3.05, 3.63) is 16.1 Å². The van der Waals surface area contributed by atoms with Gasteiger partial charge in [-0.1, -0.05) is 6.92 Å². The van der Waals surface area contributed by atoms with E-state index in [1.54, 1.807) is 23.1 Å². The Morgan fingerprint density at radius 2 is 2.47 bits per heavy atom. The van der Waals surface area contributed by atoms with Crippen LogP contribution in [0.25, 0.3) is 0 Å². The number of thiazole rings is 1. The van der Waals surface area contributed by atoms with Crippen LogP contribution in [-0.2, 0) is 10.5 Å². The zero-order valence-corrected chi connectivity index (χ0v) is 11.7. The molecule has 1 rings (SSSR count). The molecule has 0 saturated heterocycles. The first-order chi connectivity index (χ1) is 8.11. The Kier molecular flexibility index (Phi) is 6.54. The van der Waals surface area contributed by atoms with E-state index in [9.17, 15) is 4.79 Å². The van der Waals surface area contributed by atoms with Crippen LogP contribution in [0.5, 0.6) is 0 Å². The minimum atomic E-state index is 0.0160. The number of carbonyl (C=O) groups is 1. The summed E-state index contributed by atoms with van der Waals surface area (Å²) >= 11 is 3.18. The van der Waals surface area contributed by atoms with Gasteiger partial charge < -0.3 is 10.4 Å². The lowest BCUT2D eigenvalue weighted by atomic mass is 10.2. The van der Waals surface area contributed by atoms with Crippen LogP contribution in [0.3, 0.4) is 0 Å². The molecule has 1 amide bonds. The lowest BCUT2D eigenvalue weighted by molar-refractivity contribution is -0.118. The van der Waals surface area contributed by atoms with Gasteiger partial charge in [0.25, 0.3) is 0 Å². The average Bonchev–Trinajstić information content (AvgIpc) is 2.72. The van der Waals surface area contributed by atoms with Gasteiger partial charge in [-0.25, -0.2) is 4.98 Å². The maximum Gasteiger partial charge on any atom is 0.230 e. The Morgan fingerprint density at radius 1 is 1.71 bits per heavy atom. The quantitative estimate of drug-likeness (QED) is 0.789. The number of aliphatic hydroxyl groups is 1. The zero-order chi connectivity index (χ0) is 12.7. The molecule has 1 unspecified atom stereocenters. The number of amides is 1. The summed E-state index contributed by atoms with van der Waals surface area (Å²) in [5, 5.41) is 14.7. The number of rotatable bonds is 7. The Bertz CT molecular complexity index is 355. The molecule has 1 heterocycles. The molecule has 0 aliphatic rings. The van der Waals surface area contributed by atoms with E-state index < -0.39 is 0 Å². The van der Waals surface area contributed by atoms with Crippen molar-refractivity contribution < 1.29 is 9.90 Å². The molecule has 6 heteroatoms. The van der Waals surface area contributed by atoms with E-state index in [1.807, 2.05) is 19.2 Å².